The Bertz CT molecular complexity index is 589. The monoisotopic (exact) mass is 277 g/mol. The van der Waals surface area contributed by atoms with E-state index in [0.29, 0.717) is 10.6 Å². The number of benzene rings is 1. The van der Waals surface area contributed by atoms with Gasteiger partial charge >= 0.3 is 5.97 Å². The second-order valence-electron chi connectivity index (χ2n) is 4.59. The maximum atomic E-state index is 12.2. The Morgan fingerprint density at radius 3 is 2.53 bits per heavy atom. The van der Waals surface area contributed by atoms with Crippen molar-refractivity contribution in [3.05, 3.63) is 47.0 Å². The second-order valence-corrected chi connectivity index (χ2v) is 5.03. The number of ketones is 1. The van der Waals surface area contributed by atoms with Crippen LogP contribution in [-0.4, -0.2) is 28.1 Å². The van der Waals surface area contributed by atoms with E-state index >= 15 is 0 Å². The van der Waals surface area contributed by atoms with Gasteiger partial charge in [0, 0.05) is 10.6 Å². The Morgan fingerprint density at radius 2 is 1.95 bits per heavy atom. The number of hydrogen-bond donors (Lipinski definition) is 1. The topological polar surface area (TPSA) is 66.7 Å². The van der Waals surface area contributed by atoms with Gasteiger partial charge in [-0.05, 0) is 37.3 Å². The van der Waals surface area contributed by atoms with E-state index in [2.05, 4.69) is 4.99 Å². The van der Waals surface area contributed by atoms with Gasteiger partial charge in [0.2, 0.25) is 5.78 Å². The lowest BCUT2D eigenvalue weighted by molar-refractivity contribution is -0.137. The molecule has 1 atom stereocenters. The molecular weight excluding hydrogens is 266 g/mol. The number of halogens is 1. The molecule has 0 spiro atoms. The molecule has 0 bridgehead atoms. The largest absolute Gasteiger partial charge is 0.481 e. The molecule has 1 aliphatic rings. The molecule has 0 radical (unpaired) electrons. The number of aliphatic carboxylic acids is 1. The summed E-state index contributed by atoms with van der Waals surface area (Å²) < 4.78 is 0. The molecule has 0 saturated carbocycles. The van der Waals surface area contributed by atoms with Gasteiger partial charge in [0.1, 0.15) is 5.71 Å². The van der Waals surface area contributed by atoms with Crippen LogP contribution in [0.4, 0.5) is 0 Å². The summed E-state index contributed by atoms with van der Waals surface area (Å²) in [6.45, 7) is 1.68. The first kappa shape index (κ1) is 13.5. The predicted octanol–water partition coefficient (Wildman–Crippen LogP) is 2.77. The molecule has 5 heteroatoms. The van der Waals surface area contributed by atoms with Crippen molar-refractivity contribution < 1.29 is 14.7 Å². The standard InChI is InChI=1S/C14H12ClNO3/c1-14(8-12(17)18)7-6-11(16-14)13(19)9-2-4-10(15)5-3-9/h2-7H,8H2,1H3,(H,17,18). The molecule has 1 aromatic rings. The van der Waals surface area contributed by atoms with Gasteiger partial charge in [-0.25, -0.2) is 0 Å². The summed E-state index contributed by atoms with van der Waals surface area (Å²) >= 11 is 5.76. The quantitative estimate of drug-likeness (QED) is 0.861. The highest BCUT2D eigenvalue weighted by Gasteiger charge is 2.30. The fraction of sp³-hybridized carbons (Fsp3) is 0.214. The molecule has 1 unspecified atom stereocenters. The number of allylic oxidation sites excluding steroid dienone is 1. The maximum Gasteiger partial charge on any atom is 0.306 e. The van der Waals surface area contributed by atoms with Crippen LogP contribution in [0.3, 0.4) is 0 Å². The minimum atomic E-state index is -0.948. The van der Waals surface area contributed by atoms with Gasteiger partial charge in [-0.3, -0.25) is 14.6 Å². The van der Waals surface area contributed by atoms with Gasteiger partial charge in [0.05, 0.1) is 12.0 Å². The molecule has 0 aromatic heterocycles. The van der Waals surface area contributed by atoms with Crippen molar-refractivity contribution in [2.24, 2.45) is 4.99 Å². The Hall–Kier alpha value is -1.94. The Morgan fingerprint density at radius 1 is 1.32 bits per heavy atom. The zero-order chi connectivity index (χ0) is 14.0. The van der Waals surface area contributed by atoms with Gasteiger partial charge in [0.15, 0.2) is 0 Å². The number of aliphatic imine (C=N–C) groups is 1. The zero-order valence-electron chi connectivity index (χ0n) is 10.3. The molecule has 0 fully saturated rings. The molecule has 1 aliphatic heterocycles. The highest BCUT2D eigenvalue weighted by atomic mass is 35.5. The smallest absolute Gasteiger partial charge is 0.306 e. The van der Waals surface area contributed by atoms with Crippen molar-refractivity contribution in [2.75, 3.05) is 0 Å². The van der Waals surface area contributed by atoms with E-state index in [4.69, 9.17) is 16.7 Å². The minimum absolute atomic E-state index is 0.138. The summed E-state index contributed by atoms with van der Waals surface area (Å²) in [4.78, 5) is 27.1. The zero-order valence-corrected chi connectivity index (χ0v) is 11.0. The third-order valence-corrected chi connectivity index (χ3v) is 3.08. The molecule has 0 aliphatic carbocycles. The SMILES string of the molecule is CC1(CC(=O)O)C=CC(C(=O)c2ccc(Cl)cc2)=N1. The minimum Gasteiger partial charge on any atom is -0.481 e. The molecule has 0 saturated heterocycles. The Balaban J connectivity index is 2.22. The summed E-state index contributed by atoms with van der Waals surface area (Å²) in [5.74, 6) is -1.18. The van der Waals surface area contributed by atoms with Crippen LogP contribution in [0.15, 0.2) is 41.4 Å². The number of Topliss-reactive ketones (excluding diaryl/α,β-unsaturated/α-hetero) is 1. The Kier molecular flexibility index (Phi) is 3.53. The van der Waals surface area contributed by atoms with Crippen LogP contribution in [0.2, 0.25) is 5.02 Å². The third-order valence-electron chi connectivity index (χ3n) is 2.82. The average Bonchev–Trinajstić information content (AvgIpc) is 2.70. The summed E-state index contributed by atoms with van der Waals surface area (Å²) in [5, 5.41) is 9.36. The average molecular weight is 278 g/mol. The maximum absolute atomic E-state index is 12.2. The van der Waals surface area contributed by atoms with Crippen LogP contribution < -0.4 is 0 Å². The summed E-state index contributed by atoms with van der Waals surface area (Å²) in [6.07, 6.45) is 3.07. The highest BCUT2D eigenvalue weighted by molar-refractivity contribution is 6.50. The molecule has 1 aromatic carbocycles. The molecule has 1 N–H and O–H groups in total. The van der Waals surface area contributed by atoms with Crippen molar-refractivity contribution in [2.45, 2.75) is 18.9 Å². The van der Waals surface area contributed by atoms with Crippen LogP contribution in [0.1, 0.15) is 23.7 Å². The van der Waals surface area contributed by atoms with Gasteiger partial charge in [-0.15, -0.1) is 0 Å². The molecule has 4 nitrogen and oxygen atoms in total. The first-order valence-electron chi connectivity index (χ1n) is 5.71. The lowest BCUT2D eigenvalue weighted by Crippen LogP contribution is -2.22. The van der Waals surface area contributed by atoms with E-state index in [1.165, 1.54) is 0 Å². The van der Waals surface area contributed by atoms with E-state index in [1.54, 1.807) is 43.3 Å². The summed E-state index contributed by atoms with van der Waals surface area (Å²) in [5.41, 5.74) is -0.0954. The van der Waals surface area contributed by atoms with Crippen LogP contribution in [0.25, 0.3) is 0 Å². The van der Waals surface area contributed by atoms with E-state index in [1.807, 2.05) is 0 Å². The molecular formula is C14H12ClNO3. The third kappa shape index (κ3) is 3.09. The first-order chi connectivity index (χ1) is 8.89. The van der Waals surface area contributed by atoms with Crippen LogP contribution in [-0.2, 0) is 4.79 Å². The van der Waals surface area contributed by atoms with E-state index in [0.717, 1.165) is 0 Å². The van der Waals surface area contributed by atoms with Crippen molar-refractivity contribution in [1.82, 2.24) is 0 Å². The van der Waals surface area contributed by atoms with Gasteiger partial charge in [0.25, 0.3) is 0 Å². The second kappa shape index (κ2) is 4.97. The van der Waals surface area contributed by atoms with Gasteiger partial charge in [-0.1, -0.05) is 17.7 Å². The van der Waals surface area contributed by atoms with E-state index in [9.17, 15) is 9.59 Å². The lowest BCUT2D eigenvalue weighted by atomic mass is 10.0. The number of carbonyl (C=O) groups is 2. The molecule has 0 amide bonds. The molecule has 1 heterocycles. The molecule has 19 heavy (non-hydrogen) atoms. The molecule has 2 rings (SSSR count). The van der Waals surface area contributed by atoms with Crippen LogP contribution >= 0.6 is 11.6 Å². The van der Waals surface area contributed by atoms with Crippen molar-refractivity contribution in [1.29, 1.82) is 0 Å². The van der Waals surface area contributed by atoms with Gasteiger partial charge in [-0.2, -0.15) is 0 Å². The number of rotatable bonds is 4. The van der Waals surface area contributed by atoms with Crippen molar-refractivity contribution in [3.63, 3.8) is 0 Å². The van der Waals surface area contributed by atoms with Crippen LogP contribution in [0.5, 0.6) is 0 Å². The number of carboxylic acid groups (broad SMARTS) is 1. The van der Waals surface area contributed by atoms with Crippen molar-refractivity contribution in [3.8, 4) is 0 Å². The fourth-order valence-electron chi connectivity index (χ4n) is 1.89. The van der Waals surface area contributed by atoms with Crippen molar-refractivity contribution >= 4 is 29.1 Å². The number of hydrogen-bond acceptors (Lipinski definition) is 3. The first-order valence-corrected chi connectivity index (χ1v) is 6.09. The fourth-order valence-corrected chi connectivity index (χ4v) is 2.01. The normalized spacial score (nSPS) is 21.3. The van der Waals surface area contributed by atoms with E-state index in [-0.39, 0.29) is 17.9 Å². The lowest BCUT2D eigenvalue weighted by Gasteiger charge is -2.14. The summed E-state index contributed by atoms with van der Waals surface area (Å²) in [7, 11) is 0. The number of carboxylic acids is 1. The predicted molar refractivity (Wildman–Crippen MR) is 73.0 cm³/mol. The highest BCUT2D eigenvalue weighted by Crippen LogP contribution is 2.24. The Labute approximate surface area is 115 Å². The van der Waals surface area contributed by atoms with E-state index < -0.39 is 11.5 Å². The number of nitrogens with zero attached hydrogens (tertiary/aromatic N) is 1. The van der Waals surface area contributed by atoms with Crippen LogP contribution in [0, 0.1) is 0 Å². The molecule has 98 valence electrons. The number of carbonyl (C=O) groups excluding carboxylic acids is 1. The summed E-state index contributed by atoms with van der Waals surface area (Å²) in [6, 6.07) is 6.50. The van der Waals surface area contributed by atoms with Gasteiger partial charge < -0.3 is 5.11 Å².